The number of hydrogen-bond acceptors (Lipinski definition) is 5. The van der Waals surface area contributed by atoms with Crippen LogP contribution in [0, 0.1) is 19.7 Å². The van der Waals surface area contributed by atoms with Crippen molar-refractivity contribution in [3.63, 3.8) is 0 Å². The third-order valence-electron chi connectivity index (χ3n) is 5.78. The van der Waals surface area contributed by atoms with Crippen LogP contribution < -0.4 is 5.73 Å². The number of anilines is 1. The first kappa shape index (κ1) is 23.2. The summed E-state index contributed by atoms with van der Waals surface area (Å²) in [7, 11) is 0. The Hall–Kier alpha value is -3.93. The molecule has 0 amide bonds. The predicted octanol–water partition coefficient (Wildman–Crippen LogP) is 5.92. The molecule has 4 aromatic rings. The zero-order chi connectivity index (χ0) is 24.2. The van der Waals surface area contributed by atoms with Crippen LogP contribution in [0.4, 0.5) is 10.2 Å². The van der Waals surface area contributed by atoms with E-state index in [2.05, 4.69) is 23.0 Å². The molecular formula is C28H27FN4O. The van der Waals surface area contributed by atoms with Gasteiger partial charge in [-0.15, -0.1) is 0 Å². The number of carbonyl (C=O) groups excluding carboxylic acids is 1. The van der Waals surface area contributed by atoms with E-state index in [0.29, 0.717) is 23.4 Å². The highest BCUT2D eigenvalue weighted by atomic mass is 19.1. The standard InChI is InChI=1S/C28H27FN4O/c1-4-19-7-5-6-8-20(19)11-14-24(34)27-28(30)33-25(21-9-12-23(29)13-10-21)26(32-27)22-15-17(2)31-18(3)16-22/h5-10,12-13,15-16H,4,11,14H2,1-3H3,(H2,30,33). The fraction of sp³-hybridized carbons (Fsp3) is 0.214. The van der Waals surface area contributed by atoms with Gasteiger partial charge in [0.15, 0.2) is 11.6 Å². The molecule has 0 saturated heterocycles. The Balaban J connectivity index is 1.76. The van der Waals surface area contributed by atoms with Crippen molar-refractivity contribution < 1.29 is 9.18 Å². The van der Waals surface area contributed by atoms with E-state index in [-0.39, 0.29) is 29.5 Å². The normalized spacial score (nSPS) is 10.9. The Kier molecular flexibility index (Phi) is 6.77. The molecule has 0 aliphatic heterocycles. The molecule has 0 unspecified atom stereocenters. The molecule has 34 heavy (non-hydrogen) atoms. The number of carbonyl (C=O) groups is 1. The summed E-state index contributed by atoms with van der Waals surface area (Å²) in [5.41, 5.74) is 12.9. The SMILES string of the molecule is CCc1ccccc1CCC(=O)c1nc(-c2cc(C)nc(C)c2)c(-c2ccc(F)cc2)nc1N. The van der Waals surface area contributed by atoms with Crippen LogP contribution in [0.1, 0.15) is 46.3 Å². The van der Waals surface area contributed by atoms with Crippen LogP contribution in [-0.4, -0.2) is 20.7 Å². The number of nitrogen functional groups attached to an aromatic ring is 1. The number of Topliss-reactive ketones (excluding diaryl/α,β-unsaturated/α-hetero) is 1. The third kappa shape index (κ3) is 5.01. The molecular weight excluding hydrogens is 427 g/mol. The number of aryl methyl sites for hydroxylation is 4. The highest BCUT2D eigenvalue weighted by molar-refractivity contribution is 5.99. The van der Waals surface area contributed by atoms with Crippen molar-refractivity contribution in [1.29, 1.82) is 0 Å². The molecule has 0 aliphatic carbocycles. The van der Waals surface area contributed by atoms with Gasteiger partial charge >= 0.3 is 0 Å². The molecule has 172 valence electrons. The molecule has 0 aliphatic rings. The van der Waals surface area contributed by atoms with Gasteiger partial charge in [0.25, 0.3) is 0 Å². The Bertz CT molecular complexity index is 1330. The summed E-state index contributed by atoms with van der Waals surface area (Å²) in [6.45, 7) is 5.90. The average molecular weight is 455 g/mol. The van der Waals surface area contributed by atoms with E-state index in [1.54, 1.807) is 12.1 Å². The first-order chi connectivity index (χ1) is 16.4. The highest BCUT2D eigenvalue weighted by Gasteiger charge is 2.20. The summed E-state index contributed by atoms with van der Waals surface area (Å²) in [6.07, 6.45) is 1.79. The fourth-order valence-electron chi connectivity index (χ4n) is 4.15. The number of nitrogens with two attached hydrogens (primary N) is 1. The van der Waals surface area contributed by atoms with E-state index in [1.807, 2.05) is 44.2 Å². The fourth-order valence-corrected chi connectivity index (χ4v) is 4.15. The Morgan fingerprint density at radius 3 is 2.12 bits per heavy atom. The highest BCUT2D eigenvalue weighted by Crippen LogP contribution is 2.32. The number of benzene rings is 2. The van der Waals surface area contributed by atoms with Crippen molar-refractivity contribution in [3.8, 4) is 22.5 Å². The molecule has 2 N–H and O–H groups in total. The zero-order valence-electron chi connectivity index (χ0n) is 19.6. The number of rotatable bonds is 7. The van der Waals surface area contributed by atoms with Crippen LogP contribution in [0.25, 0.3) is 22.5 Å². The van der Waals surface area contributed by atoms with Crippen molar-refractivity contribution in [2.24, 2.45) is 0 Å². The van der Waals surface area contributed by atoms with Gasteiger partial charge in [0.1, 0.15) is 11.5 Å². The monoisotopic (exact) mass is 454 g/mol. The van der Waals surface area contributed by atoms with Gasteiger partial charge in [-0.1, -0.05) is 31.2 Å². The summed E-state index contributed by atoms with van der Waals surface area (Å²) in [5, 5.41) is 0. The Morgan fingerprint density at radius 2 is 1.47 bits per heavy atom. The summed E-state index contributed by atoms with van der Waals surface area (Å²) in [4.78, 5) is 26.9. The summed E-state index contributed by atoms with van der Waals surface area (Å²) >= 11 is 0. The van der Waals surface area contributed by atoms with Gasteiger partial charge in [0.2, 0.25) is 0 Å². The van der Waals surface area contributed by atoms with Crippen LogP contribution in [-0.2, 0) is 12.8 Å². The first-order valence-corrected chi connectivity index (χ1v) is 11.3. The lowest BCUT2D eigenvalue weighted by Crippen LogP contribution is -2.12. The molecule has 0 spiro atoms. The molecule has 0 bridgehead atoms. The minimum atomic E-state index is -0.346. The van der Waals surface area contributed by atoms with E-state index < -0.39 is 0 Å². The van der Waals surface area contributed by atoms with Gasteiger partial charge in [-0.3, -0.25) is 9.78 Å². The predicted molar refractivity (Wildman–Crippen MR) is 133 cm³/mol. The van der Waals surface area contributed by atoms with Crippen molar-refractivity contribution in [2.75, 3.05) is 5.73 Å². The topological polar surface area (TPSA) is 81.8 Å². The smallest absolute Gasteiger partial charge is 0.185 e. The van der Waals surface area contributed by atoms with Crippen LogP contribution in [0.3, 0.4) is 0 Å². The van der Waals surface area contributed by atoms with Crippen LogP contribution in [0.2, 0.25) is 0 Å². The van der Waals surface area contributed by atoms with Gasteiger partial charge in [-0.05, 0) is 74.2 Å². The molecule has 2 heterocycles. The maximum atomic E-state index is 13.5. The van der Waals surface area contributed by atoms with Gasteiger partial charge in [-0.2, -0.15) is 0 Å². The van der Waals surface area contributed by atoms with Gasteiger partial charge in [0.05, 0.1) is 11.4 Å². The quantitative estimate of drug-likeness (QED) is 0.351. The molecule has 0 saturated carbocycles. The molecule has 6 heteroatoms. The molecule has 2 aromatic carbocycles. The molecule has 0 atom stereocenters. The lowest BCUT2D eigenvalue weighted by Gasteiger charge is -2.14. The molecule has 0 fully saturated rings. The number of pyridine rings is 1. The number of aromatic nitrogens is 3. The van der Waals surface area contributed by atoms with Crippen LogP contribution >= 0.6 is 0 Å². The van der Waals surface area contributed by atoms with Crippen LogP contribution in [0.5, 0.6) is 0 Å². The maximum absolute atomic E-state index is 13.5. The van der Waals surface area contributed by atoms with E-state index >= 15 is 0 Å². The van der Waals surface area contributed by atoms with E-state index in [0.717, 1.165) is 28.9 Å². The van der Waals surface area contributed by atoms with Crippen molar-refractivity contribution in [3.05, 3.63) is 94.7 Å². The second-order valence-corrected chi connectivity index (χ2v) is 8.35. The van der Waals surface area contributed by atoms with Gasteiger partial charge in [0, 0.05) is 28.9 Å². The van der Waals surface area contributed by atoms with E-state index in [9.17, 15) is 9.18 Å². The minimum Gasteiger partial charge on any atom is -0.382 e. The van der Waals surface area contributed by atoms with Crippen LogP contribution in [0.15, 0.2) is 60.7 Å². The summed E-state index contributed by atoms with van der Waals surface area (Å²) < 4.78 is 13.5. The lowest BCUT2D eigenvalue weighted by molar-refractivity contribution is 0.0978. The second-order valence-electron chi connectivity index (χ2n) is 8.35. The molecule has 5 nitrogen and oxygen atoms in total. The minimum absolute atomic E-state index is 0.0688. The summed E-state index contributed by atoms with van der Waals surface area (Å²) in [6, 6.07) is 17.9. The number of halogens is 1. The largest absolute Gasteiger partial charge is 0.382 e. The molecule has 4 rings (SSSR count). The summed E-state index contributed by atoms with van der Waals surface area (Å²) in [5.74, 6) is -0.439. The zero-order valence-corrected chi connectivity index (χ0v) is 19.6. The molecule has 0 radical (unpaired) electrons. The Morgan fingerprint density at radius 1 is 0.853 bits per heavy atom. The van der Waals surface area contributed by atoms with Gasteiger partial charge in [-0.25, -0.2) is 14.4 Å². The number of ketones is 1. The van der Waals surface area contributed by atoms with E-state index in [4.69, 9.17) is 10.7 Å². The Labute approximate surface area is 198 Å². The average Bonchev–Trinajstić information content (AvgIpc) is 2.82. The van der Waals surface area contributed by atoms with Gasteiger partial charge < -0.3 is 5.73 Å². The van der Waals surface area contributed by atoms with Crippen molar-refractivity contribution in [1.82, 2.24) is 15.0 Å². The number of nitrogens with zero attached hydrogens (tertiary/aromatic N) is 3. The first-order valence-electron chi connectivity index (χ1n) is 11.3. The molecule has 2 aromatic heterocycles. The van der Waals surface area contributed by atoms with Crippen molar-refractivity contribution in [2.45, 2.75) is 40.0 Å². The number of hydrogen-bond donors (Lipinski definition) is 1. The van der Waals surface area contributed by atoms with Crippen molar-refractivity contribution >= 4 is 11.6 Å². The lowest BCUT2D eigenvalue weighted by atomic mass is 9.98. The van der Waals surface area contributed by atoms with E-state index in [1.165, 1.54) is 17.7 Å². The third-order valence-corrected chi connectivity index (χ3v) is 5.78. The second kappa shape index (κ2) is 9.91. The maximum Gasteiger partial charge on any atom is 0.185 e.